The van der Waals surface area contributed by atoms with Crippen molar-refractivity contribution in [2.45, 2.75) is 6.42 Å². The van der Waals surface area contributed by atoms with Gasteiger partial charge < -0.3 is 0 Å². The fraction of sp³-hybridized carbons (Fsp3) is 0.0714. The highest BCUT2D eigenvalue weighted by Crippen LogP contribution is 2.18. The molecule has 0 radical (unpaired) electrons. The first-order chi connectivity index (χ1) is 8.56. The molecule has 0 aliphatic rings. The molecule has 2 rings (SSSR count). The second-order valence-corrected chi connectivity index (χ2v) is 5.21. The Bertz CT molecular complexity index is 598. The summed E-state index contributed by atoms with van der Waals surface area (Å²) in [6.07, 6.45) is 0.150. The molecular formula is C14H9BrClFO. The Morgan fingerprint density at radius 3 is 2.72 bits per heavy atom. The molecule has 92 valence electrons. The van der Waals surface area contributed by atoms with Crippen LogP contribution >= 0.6 is 27.5 Å². The maximum atomic E-state index is 13.5. The zero-order valence-corrected chi connectivity index (χ0v) is 11.6. The fourth-order valence-corrected chi connectivity index (χ4v) is 2.26. The van der Waals surface area contributed by atoms with Crippen LogP contribution in [0.15, 0.2) is 46.9 Å². The smallest absolute Gasteiger partial charge is 0.170 e. The molecule has 0 N–H and O–H groups in total. The molecule has 0 amide bonds. The second-order valence-electron chi connectivity index (χ2n) is 3.85. The van der Waals surface area contributed by atoms with E-state index in [0.717, 1.165) is 10.0 Å². The molecule has 18 heavy (non-hydrogen) atoms. The first-order valence-electron chi connectivity index (χ1n) is 5.29. The quantitative estimate of drug-likeness (QED) is 0.749. The molecule has 0 aliphatic carbocycles. The van der Waals surface area contributed by atoms with E-state index in [4.69, 9.17) is 11.6 Å². The number of halogens is 3. The minimum atomic E-state index is -0.542. The number of carbonyl (C=O) groups excluding carboxylic acids is 1. The van der Waals surface area contributed by atoms with E-state index in [2.05, 4.69) is 15.9 Å². The lowest BCUT2D eigenvalue weighted by Gasteiger charge is -2.04. The molecule has 2 aromatic carbocycles. The van der Waals surface area contributed by atoms with Gasteiger partial charge in [0.05, 0.1) is 5.56 Å². The van der Waals surface area contributed by atoms with Gasteiger partial charge in [-0.25, -0.2) is 4.39 Å². The largest absolute Gasteiger partial charge is 0.294 e. The summed E-state index contributed by atoms with van der Waals surface area (Å²) in [4.78, 5) is 12.0. The number of benzene rings is 2. The Kier molecular flexibility index (Phi) is 4.15. The van der Waals surface area contributed by atoms with Gasteiger partial charge in [0.2, 0.25) is 0 Å². The number of ketones is 1. The molecule has 0 bridgehead atoms. The van der Waals surface area contributed by atoms with Gasteiger partial charge in [-0.1, -0.05) is 39.7 Å². The Morgan fingerprint density at radius 2 is 2.00 bits per heavy atom. The van der Waals surface area contributed by atoms with E-state index < -0.39 is 5.82 Å². The number of carbonyl (C=O) groups is 1. The van der Waals surface area contributed by atoms with E-state index in [1.165, 1.54) is 18.2 Å². The molecule has 0 saturated carbocycles. The lowest BCUT2D eigenvalue weighted by molar-refractivity contribution is 0.0989. The van der Waals surface area contributed by atoms with E-state index in [1.807, 2.05) is 24.3 Å². The molecule has 2 aromatic rings. The van der Waals surface area contributed by atoms with Crippen molar-refractivity contribution in [1.29, 1.82) is 0 Å². The Morgan fingerprint density at radius 1 is 1.22 bits per heavy atom. The molecule has 0 atom stereocenters. The Labute approximate surface area is 118 Å². The normalized spacial score (nSPS) is 10.4. The van der Waals surface area contributed by atoms with Crippen LogP contribution in [0.1, 0.15) is 15.9 Å². The molecule has 0 spiro atoms. The van der Waals surface area contributed by atoms with Crippen LogP contribution in [0.3, 0.4) is 0 Å². The van der Waals surface area contributed by atoms with E-state index in [9.17, 15) is 9.18 Å². The van der Waals surface area contributed by atoms with Crippen LogP contribution in [-0.2, 0) is 6.42 Å². The van der Waals surface area contributed by atoms with Crippen molar-refractivity contribution >= 4 is 33.3 Å². The van der Waals surface area contributed by atoms with Crippen LogP contribution in [0.25, 0.3) is 0 Å². The van der Waals surface area contributed by atoms with Crippen molar-refractivity contribution in [3.63, 3.8) is 0 Å². The summed E-state index contributed by atoms with van der Waals surface area (Å²) < 4.78 is 14.4. The van der Waals surface area contributed by atoms with Gasteiger partial charge in [0.25, 0.3) is 0 Å². The molecule has 0 heterocycles. The van der Waals surface area contributed by atoms with Crippen LogP contribution in [-0.4, -0.2) is 5.78 Å². The zero-order chi connectivity index (χ0) is 13.1. The Balaban J connectivity index is 2.24. The third-order valence-electron chi connectivity index (χ3n) is 2.48. The predicted molar refractivity (Wildman–Crippen MR) is 73.6 cm³/mol. The second kappa shape index (κ2) is 5.63. The molecule has 0 aromatic heterocycles. The van der Waals surface area contributed by atoms with Gasteiger partial charge in [0, 0.05) is 15.9 Å². The van der Waals surface area contributed by atoms with Crippen LogP contribution in [0.2, 0.25) is 5.02 Å². The minimum Gasteiger partial charge on any atom is -0.294 e. The summed E-state index contributed by atoms with van der Waals surface area (Å²) in [6, 6.07) is 11.3. The van der Waals surface area contributed by atoms with Crippen molar-refractivity contribution in [1.82, 2.24) is 0 Å². The van der Waals surface area contributed by atoms with E-state index in [0.29, 0.717) is 5.02 Å². The standard InChI is InChI=1S/C14H9BrClFO/c15-10-3-1-2-9(6-10)7-14(18)12-8-11(16)4-5-13(12)17/h1-6,8H,7H2. The van der Waals surface area contributed by atoms with Crippen LogP contribution < -0.4 is 0 Å². The van der Waals surface area contributed by atoms with Gasteiger partial charge >= 0.3 is 0 Å². The zero-order valence-electron chi connectivity index (χ0n) is 9.29. The third kappa shape index (κ3) is 3.18. The van der Waals surface area contributed by atoms with E-state index in [-0.39, 0.29) is 17.8 Å². The van der Waals surface area contributed by atoms with Gasteiger partial charge in [-0.15, -0.1) is 0 Å². The summed E-state index contributed by atoms with van der Waals surface area (Å²) in [6.45, 7) is 0. The lowest BCUT2D eigenvalue weighted by atomic mass is 10.0. The summed E-state index contributed by atoms with van der Waals surface area (Å²) in [5, 5.41) is 0.356. The van der Waals surface area contributed by atoms with Crippen LogP contribution in [0.4, 0.5) is 4.39 Å². The van der Waals surface area contributed by atoms with Gasteiger partial charge in [-0.2, -0.15) is 0 Å². The lowest BCUT2D eigenvalue weighted by Crippen LogP contribution is -2.06. The number of hydrogen-bond acceptors (Lipinski definition) is 1. The molecular weight excluding hydrogens is 319 g/mol. The molecule has 0 aliphatic heterocycles. The van der Waals surface area contributed by atoms with Gasteiger partial charge in [-0.3, -0.25) is 4.79 Å². The highest BCUT2D eigenvalue weighted by Gasteiger charge is 2.13. The summed E-state index contributed by atoms with van der Waals surface area (Å²) in [7, 11) is 0. The number of hydrogen-bond donors (Lipinski definition) is 0. The minimum absolute atomic E-state index is 0.0301. The summed E-state index contributed by atoms with van der Waals surface area (Å²) >= 11 is 9.09. The van der Waals surface area contributed by atoms with Gasteiger partial charge in [-0.05, 0) is 35.9 Å². The van der Waals surface area contributed by atoms with Crippen molar-refractivity contribution in [2.75, 3.05) is 0 Å². The highest BCUT2D eigenvalue weighted by molar-refractivity contribution is 9.10. The van der Waals surface area contributed by atoms with Crippen LogP contribution in [0, 0.1) is 5.82 Å². The highest BCUT2D eigenvalue weighted by atomic mass is 79.9. The fourth-order valence-electron chi connectivity index (χ4n) is 1.64. The monoisotopic (exact) mass is 326 g/mol. The third-order valence-corrected chi connectivity index (χ3v) is 3.21. The maximum Gasteiger partial charge on any atom is 0.170 e. The summed E-state index contributed by atoms with van der Waals surface area (Å²) in [5.41, 5.74) is 0.858. The Hall–Kier alpha value is -1.19. The van der Waals surface area contributed by atoms with Gasteiger partial charge in [0.15, 0.2) is 5.78 Å². The first kappa shape index (κ1) is 13.2. The predicted octanol–water partition coefficient (Wildman–Crippen LogP) is 4.67. The van der Waals surface area contributed by atoms with Crippen molar-refractivity contribution in [3.05, 3.63) is 68.9 Å². The van der Waals surface area contributed by atoms with Crippen LogP contribution in [0.5, 0.6) is 0 Å². The molecule has 0 unspecified atom stereocenters. The SMILES string of the molecule is O=C(Cc1cccc(Br)c1)c1cc(Cl)ccc1F. The topological polar surface area (TPSA) is 17.1 Å². The van der Waals surface area contributed by atoms with Gasteiger partial charge in [0.1, 0.15) is 5.82 Å². The van der Waals surface area contributed by atoms with E-state index >= 15 is 0 Å². The average molecular weight is 328 g/mol. The van der Waals surface area contributed by atoms with Crippen molar-refractivity contribution < 1.29 is 9.18 Å². The van der Waals surface area contributed by atoms with Crippen molar-refractivity contribution in [2.24, 2.45) is 0 Å². The van der Waals surface area contributed by atoms with E-state index in [1.54, 1.807) is 0 Å². The molecule has 1 nitrogen and oxygen atoms in total. The molecule has 0 saturated heterocycles. The average Bonchev–Trinajstić information content (AvgIpc) is 2.32. The first-order valence-corrected chi connectivity index (χ1v) is 6.46. The number of Topliss-reactive ketones (excluding diaryl/α,β-unsaturated/α-hetero) is 1. The molecule has 0 fully saturated rings. The molecule has 4 heteroatoms. The van der Waals surface area contributed by atoms with Crippen molar-refractivity contribution in [3.8, 4) is 0 Å². The number of rotatable bonds is 3. The maximum absolute atomic E-state index is 13.5. The summed E-state index contributed by atoms with van der Waals surface area (Å²) in [5.74, 6) is -0.826.